The molecule has 0 fully saturated rings. The molecule has 2 aromatic carbocycles. The molecular formula is C15H15N3O6S. The number of nitrogens with one attached hydrogen (secondary N) is 2. The first-order valence-electron chi connectivity index (χ1n) is 6.98. The molecule has 0 radical (unpaired) electrons. The summed E-state index contributed by atoms with van der Waals surface area (Å²) in [5, 5.41) is 23.5. The maximum Gasteiger partial charge on any atom is 0.270 e. The van der Waals surface area contributed by atoms with E-state index in [0.717, 1.165) is 6.26 Å². The van der Waals surface area contributed by atoms with Gasteiger partial charge in [0.25, 0.3) is 11.6 Å². The van der Waals surface area contributed by atoms with Crippen LogP contribution in [0.4, 0.5) is 11.4 Å². The number of nitro benzene ring substituents is 1. The summed E-state index contributed by atoms with van der Waals surface area (Å²) in [6.45, 7) is 0.0741. The Hall–Kier alpha value is -3.14. The zero-order valence-corrected chi connectivity index (χ0v) is 13.9. The number of rotatable bonds is 6. The van der Waals surface area contributed by atoms with Gasteiger partial charge in [-0.3, -0.25) is 14.9 Å². The largest absolute Gasteiger partial charge is 0.508 e. The molecule has 1 amide bonds. The van der Waals surface area contributed by atoms with Crippen LogP contribution in [0.5, 0.6) is 5.75 Å². The molecule has 2 rings (SSSR count). The highest BCUT2D eigenvalue weighted by Crippen LogP contribution is 2.24. The molecule has 3 N–H and O–H groups in total. The zero-order valence-electron chi connectivity index (χ0n) is 13.1. The number of hydrogen-bond donors (Lipinski definition) is 3. The lowest BCUT2D eigenvalue weighted by Gasteiger charge is -2.10. The molecule has 0 aliphatic heterocycles. The third-order valence-electron chi connectivity index (χ3n) is 3.16. The molecule has 0 saturated heterocycles. The molecule has 0 heterocycles. The second kappa shape index (κ2) is 7.18. The van der Waals surface area contributed by atoms with Gasteiger partial charge in [-0.2, -0.15) is 0 Å². The van der Waals surface area contributed by atoms with Gasteiger partial charge < -0.3 is 10.4 Å². The van der Waals surface area contributed by atoms with Crippen LogP contribution in [-0.2, 0) is 16.6 Å². The van der Waals surface area contributed by atoms with E-state index in [1.807, 2.05) is 4.72 Å². The Kier molecular flexibility index (Phi) is 5.22. The number of carbonyl (C=O) groups excluding carboxylic acids is 1. The van der Waals surface area contributed by atoms with Crippen molar-refractivity contribution in [3.8, 4) is 5.75 Å². The smallest absolute Gasteiger partial charge is 0.270 e. The van der Waals surface area contributed by atoms with Gasteiger partial charge in [0.15, 0.2) is 0 Å². The summed E-state index contributed by atoms with van der Waals surface area (Å²) in [5.41, 5.74) is 0.752. The van der Waals surface area contributed by atoms with Crippen LogP contribution in [0.1, 0.15) is 15.9 Å². The third-order valence-corrected chi connectivity index (χ3v) is 3.72. The number of non-ortho nitro benzene ring substituents is 1. The number of amides is 1. The fraction of sp³-hybridized carbons (Fsp3) is 0.133. The number of hydrogen-bond acceptors (Lipinski definition) is 7. The summed E-state index contributed by atoms with van der Waals surface area (Å²) in [5.74, 6) is -0.881. The van der Waals surface area contributed by atoms with E-state index >= 15 is 0 Å². The average molecular weight is 365 g/mol. The van der Waals surface area contributed by atoms with Crippen LogP contribution < -0.4 is 10.0 Å². The Morgan fingerprint density at radius 2 is 1.96 bits per heavy atom. The average Bonchev–Trinajstić information content (AvgIpc) is 2.52. The summed E-state index contributed by atoms with van der Waals surface area (Å²) in [6, 6.07) is 9.70. The predicted molar refractivity (Wildman–Crippen MR) is 90.8 cm³/mol. The van der Waals surface area contributed by atoms with Gasteiger partial charge in [0.2, 0.25) is 10.0 Å². The highest BCUT2D eigenvalue weighted by molar-refractivity contribution is 7.89. The van der Waals surface area contributed by atoms with E-state index in [1.54, 1.807) is 12.1 Å². The van der Waals surface area contributed by atoms with Crippen LogP contribution in [0, 0.1) is 10.1 Å². The topological polar surface area (TPSA) is 139 Å². The summed E-state index contributed by atoms with van der Waals surface area (Å²) in [6.07, 6.45) is 0.873. The van der Waals surface area contributed by atoms with Gasteiger partial charge in [-0.05, 0) is 24.3 Å². The number of nitrogens with zero attached hydrogens (tertiary/aromatic N) is 1. The highest BCUT2D eigenvalue weighted by atomic mass is 32.2. The summed E-state index contributed by atoms with van der Waals surface area (Å²) < 4.78 is 24.1. The van der Waals surface area contributed by atoms with Crippen LogP contribution in [0.15, 0.2) is 42.5 Å². The molecule has 9 nitrogen and oxygen atoms in total. The molecule has 0 atom stereocenters. The standard InChI is InChI=1S/C15H15N3O6S/c1-25(23,24)17-15(20)10-3-2-4-12(7-10)16-9-11-8-13(18(21)22)5-6-14(11)19/h2-8,16,19H,9H2,1H3,(H,17,20). The molecular weight excluding hydrogens is 350 g/mol. The second-order valence-electron chi connectivity index (χ2n) is 5.21. The van der Waals surface area contributed by atoms with Crippen LogP contribution in [0.3, 0.4) is 0 Å². The lowest BCUT2D eigenvalue weighted by Crippen LogP contribution is -2.29. The summed E-state index contributed by atoms with van der Waals surface area (Å²) in [7, 11) is -3.68. The van der Waals surface area contributed by atoms with Crippen LogP contribution in [0.2, 0.25) is 0 Å². The molecule has 0 aliphatic rings. The molecule has 25 heavy (non-hydrogen) atoms. The Morgan fingerprint density at radius 1 is 1.24 bits per heavy atom. The first-order chi connectivity index (χ1) is 11.7. The Balaban J connectivity index is 2.14. The Bertz CT molecular complexity index is 927. The first kappa shape index (κ1) is 18.2. The lowest BCUT2D eigenvalue weighted by atomic mass is 10.1. The van der Waals surface area contributed by atoms with Gasteiger partial charge in [0, 0.05) is 35.5 Å². The summed E-state index contributed by atoms with van der Waals surface area (Å²) >= 11 is 0. The van der Waals surface area contributed by atoms with Crippen LogP contribution in [0.25, 0.3) is 0 Å². The van der Waals surface area contributed by atoms with E-state index in [0.29, 0.717) is 11.3 Å². The van der Waals surface area contributed by atoms with E-state index in [-0.39, 0.29) is 23.5 Å². The minimum atomic E-state index is -3.68. The quantitative estimate of drug-likeness (QED) is 0.522. The third kappa shape index (κ3) is 5.18. The van der Waals surface area contributed by atoms with Crippen LogP contribution in [-0.4, -0.2) is 30.6 Å². The lowest BCUT2D eigenvalue weighted by molar-refractivity contribution is -0.384. The first-order valence-corrected chi connectivity index (χ1v) is 8.87. The number of benzene rings is 2. The minimum absolute atomic E-state index is 0.0741. The molecule has 0 saturated carbocycles. The van der Waals surface area contributed by atoms with Gasteiger partial charge in [0.05, 0.1) is 11.2 Å². The minimum Gasteiger partial charge on any atom is -0.508 e. The zero-order chi connectivity index (χ0) is 18.6. The number of carbonyl (C=O) groups is 1. The SMILES string of the molecule is CS(=O)(=O)NC(=O)c1cccc(NCc2cc([N+](=O)[O-])ccc2O)c1. The number of sulfonamides is 1. The molecule has 10 heteroatoms. The normalized spacial score (nSPS) is 10.9. The number of phenols is 1. The van der Waals surface area contributed by atoms with Crippen LogP contribution >= 0.6 is 0 Å². The van der Waals surface area contributed by atoms with E-state index in [4.69, 9.17) is 0 Å². The number of nitro groups is 1. The van der Waals surface area contributed by atoms with Crippen molar-refractivity contribution in [2.24, 2.45) is 0 Å². The second-order valence-corrected chi connectivity index (χ2v) is 6.96. The van der Waals surface area contributed by atoms with E-state index < -0.39 is 20.9 Å². The fourth-order valence-corrected chi connectivity index (χ4v) is 2.48. The predicted octanol–water partition coefficient (Wildman–Crippen LogP) is 1.60. The van der Waals surface area contributed by atoms with Crippen molar-refractivity contribution in [3.63, 3.8) is 0 Å². The van der Waals surface area contributed by atoms with Crippen molar-refractivity contribution in [3.05, 3.63) is 63.7 Å². The highest BCUT2D eigenvalue weighted by Gasteiger charge is 2.12. The van der Waals surface area contributed by atoms with Crippen molar-refractivity contribution in [1.29, 1.82) is 0 Å². The maximum atomic E-state index is 11.8. The molecule has 0 unspecified atom stereocenters. The van der Waals surface area contributed by atoms with E-state index in [9.17, 15) is 28.4 Å². The number of anilines is 1. The Morgan fingerprint density at radius 3 is 2.60 bits per heavy atom. The van der Waals surface area contributed by atoms with Gasteiger partial charge in [0.1, 0.15) is 5.75 Å². The Labute approximate surface area is 143 Å². The van der Waals surface area contributed by atoms with Gasteiger partial charge in [-0.1, -0.05) is 6.07 Å². The molecule has 0 bridgehead atoms. The van der Waals surface area contributed by atoms with Gasteiger partial charge >= 0.3 is 0 Å². The molecule has 0 aliphatic carbocycles. The van der Waals surface area contributed by atoms with E-state index in [2.05, 4.69) is 5.32 Å². The number of aromatic hydroxyl groups is 1. The fourth-order valence-electron chi connectivity index (χ4n) is 2.02. The molecule has 2 aromatic rings. The molecule has 0 spiro atoms. The summed E-state index contributed by atoms with van der Waals surface area (Å²) in [4.78, 5) is 22.0. The van der Waals surface area contributed by atoms with Crippen molar-refractivity contribution >= 4 is 27.3 Å². The number of phenolic OH excluding ortho intramolecular Hbond substituents is 1. The van der Waals surface area contributed by atoms with Crippen molar-refractivity contribution in [2.45, 2.75) is 6.54 Å². The monoisotopic (exact) mass is 365 g/mol. The molecule has 0 aromatic heterocycles. The van der Waals surface area contributed by atoms with Gasteiger partial charge in [-0.15, -0.1) is 0 Å². The van der Waals surface area contributed by atoms with Crippen molar-refractivity contribution in [2.75, 3.05) is 11.6 Å². The van der Waals surface area contributed by atoms with E-state index in [1.165, 1.54) is 30.3 Å². The van der Waals surface area contributed by atoms with Crippen molar-refractivity contribution < 1.29 is 23.2 Å². The van der Waals surface area contributed by atoms with Crippen molar-refractivity contribution in [1.82, 2.24) is 4.72 Å². The maximum absolute atomic E-state index is 11.8. The molecule has 132 valence electrons. The van der Waals surface area contributed by atoms with Gasteiger partial charge in [-0.25, -0.2) is 13.1 Å².